The molecule has 3 atom stereocenters. The predicted molar refractivity (Wildman–Crippen MR) is 199 cm³/mol. The summed E-state index contributed by atoms with van der Waals surface area (Å²) in [7, 11) is -4.73. The third-order valence-corrected chi connectivity index (χ3v) is 9.51. The largest absolute Gasteiger partial charge is 0.480 e. The maximum Gasteiger partial charge on any atom is 0.472 e. The van der Waals surface area contributed by atoms with Gasteiger partial charge in [-0.3, -0.25) is 18.6 Å². The van der Waals surface area contributed by atoms with Crippen LogP contribution in [0.25, 0.3) is 0 Å². The minimum atomic E-state index is -4.73. The molecule has 0 fully saturated rings. The Morgan fingerprint density at radius 1 is 0.620 bits per heavy atom. The molecule has 294 valence electrons. The average molecular weight is 734 g/mol. The minimum absolute atomic E-state index is 0.143. The molecule has 50 heavy (non-hydrogen) atoms. The van der Waals surface area contributed by atoms with E-state index in [4.69, 9.17) is 13.8 Å². The minimum Gasteiger partial charge on any atom is -0.480 e. The molecule has 1 amide bonds. The van der Waals surface area contributed by atoms with Crippen molar-refractivity contribution in [1.29, 1.82) is 0 Å². The van der Waals surface area contributed by atoms with E-state index < -0.39 is 57.6 Å². The number of ether oxygens (including phenoxy) is 1. The molecule has 0 aromatic carbocycles. The fourth-order valence-electron chi connectivity index (χ4n) is 5.43. The van der Waals surface area contributed by atoms with Crippen LogP contribution in [0.15, 0.2) is 12.2 Å². The van der Waals surface area contributed by atoms with Crippen LogP contribution in [0.1, 0.15) is 181 Å². The van der Waals surface area contributed by atoms with Crippen LogP contribution in [0, 0.1) is 0 Å². The van der Waals surface area contributed by atoms with Crippen LogP contribution >= 0.6 is 7.82 Å². The molecule has 0 aliphatic rings. The lowest BCUT2D eigenvalue weighted by molar-refractivity contribution is -0.147. The van der Waals surface area contributed by atoms with E-state index in [9.17, 15) is 34.1 Å². The van der Waals surface area contributed by atoms with Crippen LogP contribution in [-0.4, -0.2) is 64.9 Å². The Labute approximate surface area is 303 Å². The van der Waals surface area contributed by atoms with E-state index in [1.165, 1.54) is 96.3 Å². The fourth-order valence-corrected chi connectivity index (χ4v) is 6.20. The zero-order valence-corrected chi connectivity index (χ0v) is 32.4. The van der Waals surface area contributed by atoms with Gasteiger partial charge in [-0.05, 0) is 38.5 Å². The highest BCUT2D eigenvalue weighted by Crippen LogP contribution is 2.43. The van der Waals surface area contributed by atoms with Crippen molar-refractivity contribution < 1.29 is 47.8 Å². The van der Waals surface area contributed by atoms with Crippen LogP contribution in [-0.2, 0) is 32.7 Å². The first-order chi connectivity index (χ1) is 24.1. The quantitative estimate of drug-likeness (QED) is 0.0209. The normalized spacial score (nSPS) is 14.0. The molecule has 0 aromatic rings. The third-order valence-electron chi connectivity index (χ3n) is 8.55. The highest BCUT2D eigenvalue weighted by Gasteiger charge is 2.28. The summed E-state index contributed by atoms with van der Waals surface area (Å²) in [6.45, 7) is 2.45. The number of carbonyl (C=O) groups excluding carboxylic acids is 2. The molecule has 0 aromatic heterocycles. The number of carboxylic acids is 1. The number of unbranched alkanes of at least 4 members (excludes halogenated alkanes) is 21. The molecule has 12 heteroatoms. The number of aliphatic hydroxyl groups excluding tert-OH is 1. The van der Waals surface area contributed by atoms with Gasteiger partial charge in [0.25, 0.3) is 0 Å². The van der Waals surface area contributed by atoms with Gasteiger partial charge in [-0.25, -0.2) is 9.36 Å². The van der Waals surface area contributed by atoms with Gasteiger partial charge >= 0.3 is 19.8 Å². The van der Waals surface area contributed by atoms with Crippen molar-refractivity contribution >= 4 is 25.7 Å². The lowest BCUT2D eigenvalue weighted by Gasteiger charge is -2.18. The SMILES string of the molecule is CCCCCCCC/C=C/CCCCCCCCCCCCCC(=O)OCC(O)COP(=O)(O)OCC(NC(=O)CCCCCCC)C(=O)O. The first-order valence-electron chi connectivity index (χ1n) is 19.7. The summed E-state index contributed by atoms with van der Waals surface area (Å²) in [4.78, 5) is 45.3. The van der Waals surface area contributed by atoms with E-state index in [1.807, 2.05) is 0 Å². The second-order valence-electron chi connectivity index (χ2n) is 13.5. The van der Waals surface area contributed by atoms with E-state index in [-0.39, 0.29) is 12.8 Å². The monoisotopic (exact) mass is 733 g/mol. The second-order valence-corrected chi connectivity index (χ2v) is 14.9. The maximum atomic E-state index is 12.1. The summed E-state index contributed by atoms with van der Waals surface area (Å²) in [5.74, 6) is -2.39. The Balaban J connectivity index is 3.76. The van der Waals surface area contributed by atoms with Gasteiger partial charge in [0.05, 0.1) is 13.2 Å². The van der Waals surface area contributed by atoms with Gasteiger partial charge in [0.15, 0.2) is 6.04 Å². The third kappa shape index (κ3) is 33.4. The number of allylic oxidation sites excluding steroid dienone is 2. The van der Waals surface area contributed by atoms with E-state index in [0.29, 0.717) is 12.8 Å². The number of aliphatic carboxylic acids is 1. The topological polar surface area (TPSA) is 169 Å². The van der Waals surface area contributed by atoms with Gasteiger partial charge in [0.2, 0.25) is 5.91 Å². The van der Waals surface area contributed by atoms with E-state index in [1.54, 1.807) is 0 Å². The number of carboxylic acid groups (broad SMARTS) is 1. The summed E-state index contributed by atoms with van der Waals surface area (Å²) in [5.41, 5.74) is 0. The Bertz CT molecular complexity index is 916. The second kappa shape index (κ2) is 34.3. The summed E-state index contributed by atoms with van der Waals surface area (Å²) >= 11 is 0. The Hall–Kier alpha value is -1.78. The smallest absolute Gasteiger partial charge is 0.472 e. The van der Waals surface area contributed by atoms with Gasteiger partial charge in [-0.2, -0.15) is 0 Å². The lowest BCUT2D eigenvalue weighted by Crippen LogP contribution is -2.43. The first-order valence-corrected chi connectivity index (χ1v) is 21.2. The van der Waals surface area contributed by atoms with Crippen molar-refractivity contribution in [2.75, 3.05) is 19.8 Å². The molecule has 0 saturated heterocycles. The molecule has 0 aliphatic heterocycles. The molecule has 0 aliphatic carbocycles. The van der Waals surface area contributed by atoms with Crippen molar-refractivity contribution in [3.05, 3.63) is 12.2 Å². The molecule has 11 nitrogen and oxygen atoms in total. The van der Waals surface area contributed by atoms with E-state index in [0.717, 1.165) is 44.9 Å². The van der Waals surface area contributed by atoms with Crippen molar-refractivity contribution in [3.63, 3.8) is 0 Å². The predicted octanol–water partition coefficient (Wildman–Crippen LogP) is 9.33. The van der Waals surface area contributed by atoms with E-state index in [2.05, 4.69) is 31.3 Å². The highest BCUT2D eigenvalue weighted by atomic mass is 31.2. The Morgan fingerprint density at radius 2 is 1.04 bits per heavy atom. The van der Waals surface area contributed by atoms with Gasteiger partial charge < -0.3 is 25.2 Å². The standard InChI is InChI=1S/C38H72NO10P/c1-3-5-7-9-10-11-12-13-14-15-16-17-18-19-20-21-22-23-24-26-28-30-37(42)47-31-34(40)32-48-50(45,46)49-33-35(38(43)44)39-36(41)29-27-25-8-6-4-2/h13-14,34-35,40H,3-12,15-33H2,1-2H3,(H,39,41)(H,43,44)(H,45,46)/b14-13+. The average Bonchev–Trinajstić information content (AvgIpc) is 3.08. The number of aliphatic hydroxyl groups is 1. The van der Waals surface area contributed by atoms with Crippen LogP contribution in [0.4, 0.5) is 0 Å². The van der Waals surface area contributed by atoms with Crippen LogP contribution in [0.3, 0.4) is 0 Å². The number of hydrogen-bond donors (Lipinski definition) is 4. The molecule has 0 radical (unpaired) electrons. The van der Waals surface area contributed by atoms with Gasteiger partial charge in [0, 0.05) is 12.8 Å². The Morgan fingerprint density at radius 3 is 1.52 bits per heavy atom. The van der Waals surface area contributed by atoms with Crippen molar-refractivity contribution in [3.8, 4) is 0 Å². The molecule has 3 unspecified atom stereocenters. The molecular formula is C38H72NO10P. The molecule has 0 rings (SSSR count). The number of carbonyl (C=O) groups is 3. The van der Waals surface area contributed by atoms with Gasteiger partial charge in [-0.1, -0.05) is 142 Å². The molecule has 0 bridgehead atoms. The van der Waals surface area contributed by atoms with Crippen molar-refractivity contribution in [1.82, 2.24) is 5.32 Å². The Kier molecular flexibility index (Phi) is 33.1. The van der Waals surface area contributed by atoms with Crippen LogP contribution in [0.5, 0.6) is 0 Å². The number of phosphoric acid groups is 1. The lowest BCUT2D eigenvalue weighted by atomic mass is 10.0. The zero-order chi connectivity index (χ0) is 37.1. The van der Waals surface area contributed by atoms with Crippen LogP contribution < -0.4 is 5.32 Å². The zero-order valence-electron chi connectivity index (χ0n) is 31.5. The number of hydrogen-bond acceptors (Lipinski definition) is 8. The van der Waals surface area contributed by atoms with E-state index >= 15 is 0 Å². The van der Waals surface area contributed by atoms with Crippen molar-refractivity contribution in [2.45, 2.75) is 193 Å². The first kappa shape index (κ1) is 48.2. The number of amides is 1. The van der Waals surface area contributed by atoms with Gasteiger partial charge in [-0.15, -0.1) is 0 Å². The van der Waals surface area contributed by atoms with Crippen LogP contribution in [0.2, 0.25) is 0 Å². The number of rotatable bonds is 37. The molecular weight excluding hydrogens is 661 g/mol. The molecule has 4 N–H and O–H groups in total. The summed E-state index contributed by atoms with van der Waals surface area (Å²) in [6, 6.07) is -1.54. The number of nitrogens with one attached hydrogen (secondary N) is 1. The van der Waals surface area contributed by atoms with Gasteiger partial charge in [0.1, 0.15) is 12.7 Å². The molecule has 0 heterocycles. The number of esters is 1. The summed E-state index contributed by atoms with van der Waals surface area (Å²) in [5, 5.41) is 21.6. The maximum absolute atomic E-state index is 12.1. The highest BCUT2D eigenvalue weighted by molar-refractivity contribution is 7.47. The number of phosphoric ester groups is 1. The van der Waals surface area contributed by atoms with Crippen molar-refractivity contribution in [2.24, 2.45) is 0 Å². The fraction of sp³-hybridized carbons (Fsp3) is 0.868. The summed E-state index contributed by atoms with van der Waals surface area (Å²) < 4.78 is 26.6. The molecule has 0 spiro atoms. The summed E-state index contributed by atoms with van der Waals surface area (Å²) in [6.07, 6.45) is 31.7. The molecule has 0 saturated carbocycles.